The Hall–Kier alpha value is -2.33. The first kappa shape index (κ1) is 24.9. The summed E-state index contributed by atoms with van der Waals surface area (Å²) < 4.78 is 5.70. The van der Waals surface area contributed by atoms with Gasteiger partial charge in [0.05, 0.1) is 13.7 Å². The topological polar surface area (TPSA) is 58.6 Å². The molecule has 2 aromatic rings. The van der Waals surface area contributed by atoms with Gasteiger partial charge in [-0.05, 0) is 53.0 Å². The number of carbonyl (C=O) groups is 1. The first-order valence-corrected chi connectivity index (χ1v) is 11.4. The molecule has 1 atom stereocenters. The van der Waals surface area contributed by atoms with Gasteiger partial charge in [0.15, 0.2) is 0 Å². The molecule has 2 rings (SSSR count). The fourth-order valence-corrected chi connectivity index (χ4v) is 4.16. The maximum Gasteiger partial charge on any atom is 0.224 e. The number of anilines is 1. The summed E-state index contributed by atoms with van der Waals surface area (Å²) in [5, 5.41) is 12.7. The molecule has 0 bridgehead atoms. The molecular weight excluding hydrogens is 386 g/mol. The van der Waals surface area contributed by atoms with Crippen molar-refractivity contribution >= 4 is 11.6 Å². The minimum atomic E-state index is -0.114. The Morgan fingerprint density at radius 2 is 1.90 bits per heavy atom. The van der Waals surface area contributed by atoms with E-state index in [9.17, 15) is 9.90 Å². The number of carbonyl (C=O) groups excluding carboxylic acids is 1. The molecule has 4 heteroatoms. The number of unbranched alkanes of at least 4 members (excludes halogenated alkanes) is 2. The molecule has 0 aliphatic carbocycles. The molecule has 0 saturated heterocycles. The summed E-state index contributed by atoms with van der Waals surface area (Å²) in [6.07, 6.45) is 4.73. The number of aliphatic hydroxyl groups is 1. The van der Waals surface area contributed by atoms with Crippen molar-refractivity contribution in [3.05, 3.63) is 58.7 Å². The molecule has 4 nitrogen and oxygen atoms in total. The first-order valence-electron chi connectivity index (χ1n) is 11.4. The van der Waals surface area contributed by atoms with E-state index in [2.05, 4.69) is 39.1 Å². The largest absolute Gasteiger partial charge is 0.496 e. The van der Waals surface area contributed by atoms with Crippen LogP contribution in [0.2, 0.25) is 0 Å². The van der Waals surface area contributed by atoms with Gasteiger partial charge in [0, 0.05) is 12.1 Å². The maximum absolute atomic E-state index is 13.2. The zero-order valence-corrected chi connectivity index (χ0v) is 20.0. The zero-order chi connectivity index (χ0) is 23.0. The van der Waals surface area contributed by atoms with Crippen molar-refractivity contribution in [2.45, 2.75) is 84.7 Å². The van der Waals surface area contributed by atoms with E-state index in [1.54, 1.807) is 7.11 Å². The molecule has 0 aromatic heterocycles. The van der Waals surface area contributed by atoms with E-state index in [1.165, 1.54) is 0 Å². The highest BCUT2D eigenvalue weighted by Gasteiger charge is 2.23. The van der Waals surface area contributed by atoms with E-state index in [0.29, 0.717) is 6.42 Å². The van der Waals surface area contributed by atoms with Crippen molar-refractivity contribution in [3.8, 4) is 5.75 Å². The minimum absolute atomic E-state index is 0.00866. The number of aryl methyl sites for hydroxylation is 1. The van der Waals surface area contributed by atoms with Gasteiger partial charge in [-0.3, -0.25) is 4.79 Å². The Bertz CT molecular complexity index is 867. The molecular formula is C27H39NO3. The van der Waals surface area contributed by atoms with Gasteiger partial charge in [-0.15, -0.1) is 0 Å². The number of aliphatic hydroxyl groups excluding tert-OH is 1. The SMILES string of the molecule is CCCCCC(CC(=O)Nc1cc(CO)ccc1C(C)(C)C)c1cccc(C)c1OC. The van der Waals surface area contributed by atoms with Crippen LogP contribution < -0.4 is 10.1 Å². The van der Waals surface area contributed by atoms with Gasteiger partial charge in [-0.25, -0.2) is 0 Å². The van der Waals surface area contributed by atoms with Gasteiger partial charge >= 0.3 is 0 Å². The van der Waals surface area contributed by atoms with E-state index < -0.39 is 0 Å². The fourth-order valence-electron chi connectivity index (χ4n) is 4.16. The molecule has 0 heterocycles. The van der Waals surface area contributed by atoms with Crippen molar-refractivity contribution in [3.63, 3.8) is 0 Å². The second-order valence-electron chi connectivity index (χ2n) is 9.43. The third-order valence-electron chi connectivity index (χ3n) is 5.82. The van der Waals surface area contributed by atoms with Crippen LogP contribution in [-0.4, -0.2) is 18.1 Å². The molecule has 0 saturated carbocycles. The van der Waals surface area contributed by atoms with E-state index in [4.69, 9.17) is 4.74 Å². The number of nitrogens with one attached hydrogen (secondary N) is 1. The third-order valence-corrected chi connectivity index (χ3v) is 5.82. The molecule has 1 amide bonds. The molecule has 0 fully saturated rings. The smallest absolute Gasteiger partial charge is 0.224 e. The van der Waals surface area contributed by atoms with Gasteiger partial charge in [0.25, 0.3) is 0 Å². The van der Waals surface area contributed by atoms with Gasteiger partial charge in [-0.1, -0.05) is 77.3 Å². The predicted molar refractivity (Wildman–Crippen MR) is 129 cm³/mol. The monoisotopic (exact) mass is 425 g/mol. The lowest BCUT2D eigenvalue weighted by Crippen LogP contribution is -2.21. The summed E-state index contributed by atoms with van der Waals surface area (Å²) in [7, 11) is 1.70. The second-order valence-corrected chi connectivity index (χ2v) is 9.43. The Morgan fingerprint density at radius 3 is 2.52 bits per heavy atom. The molecule has 170 valence electrons. The number of amides is 1. The summed E-state index contributed by atoms with van der Waals surface area (Å²) in [4.78, 5) is 13.2. The van der Waals surface area contributed by atoms with Crippen molar-refractivity contribution in [1.82, 2.24) is 0 Å². The molecule has 0 radical (unpaired) electrons. The quantitative estimate of drug-likeness (QED) is 0.428. The average Bonchev–Trinajstić information content (AvgIpc) is 2.72. The van der Waals surface area contributed by atoms with Crippen LogP contribution in [0.3, 0.4) is 0 Å². The molecule has 2 aromatic carbocycles. The Balaban J connectivity index is 2.30. The molecule has 0 spiro atoms. The second kappa shape index (κ2) is 11.3. The number of ether oxygens (including phenoxy) is 1. The predicted octanol–water partition coefficient (Wildman–Crippen LogP) is 6.49. The summed E-state index contributed by atoms with van der Waals surface area (Å²) in [6.45, 7) is 10.6. The van der Waals surface area contributed by atoms with Gasteiger partial charge in [0.2, 0.25) is 5.91 Å². The third kappa shape index (κ3) is 6.83. The highest BCUT2D eigenvalue weighted by Crippen LogP contribution is 2.36. The van der Waals surface area contributed by atoms with Gasteiger partial charge in [-0.2, -0.15) is 0 Å². The van der Waals surface area contributed by atoms with Crippen LogP contribution in [0.25, 0.3) is 0 Å². The number of para-hydroxylation sites is 1. The minimum Gasteiger partial charge on any atom is -0.496 e. The summed E-state index contributed by atoms with van der Waals surface area (Å²) >= 11 is 0. The number of rotatable bonds is 10. The Kier molecular flexibility index (Phi) is 9.12. The highest BCUT2D eigenvalue weighted by molar-refractivity contribution is 5.92. The van der Waals surface area contributed by atoms with Crippen molar-refractivity contribution in [1.29, 1.82) is 0 Å². The number of benzene rings is 2. The van der Waals surface area contributed by atoms with Crippen LogP contribution >= 0.6 is 0 Å². The summed E-state index contributed by atoms with van der Waals surface area (Å²) in [5.41, 5.74) is 4.72. The molecule has 31 heavy (non-hydrogen) atoms. The van der Waals surface area contributed by atoms with Crippen molar-refractivity contribution in [2.75, 3.05) is 12.4 Å². The highest BCUT2D eigenvalue weighted by atomic mass is 16.5. The number of hydrogen-bond acceptors (Lipinski definition) is 3. The zero-order valence-electron chi connectivity index (χ0n) is 20.0. The van der Waals surface area contributed by atoms with Gasteiger partial charge < -0.3 is 15.2 Å². The average molecular weight is 426 g/mol. The van der Waals surface area contributed by atoms with Crippen LogP contribution in [-0.2, 0) is 16.8 Å². The van der Waals surface area contributed by atoms with Crippen LogP contribution in [0.4, 0.5) is 5.69 Å². The number of hydrogen-bond donors (Lipinski definition) is 2. The molecule has 0 aliphatic rings. The Labute approximate surface area is 188 Å². The van der Waals surface area contributed by atoms with Crippen molar-refractivity contribution in [2.24, 2.45) is 0 Å². The van der Waals surface area contributed by atoms with E-state index >= 15 is 0 Å². The molecule has 2 N–H and O–H groups in total. The molecule has 0 aliphatic heterocycles. The van der Waals surface area contributed by atoms with Gasteiger partial charge in [0.1, 0.15) is 5.75 Å². The van der Waals surface area contributed by atoms with Crippen molar-refractivity contribution < 1.29 is 14.6 Å². The standard InChI is InChI=1S/C27H39NO3/c1-7-8-9-12-21(22-13-10-11-19(2)26(22)31-6)17-25(30)28-24-16-20(18-29)14-15-23(24)27(3,4)5/h10-11,13-16,21,29H,7-9,12,17-18H2,1-6H3,(H,28,30). The lowest BCUT2D eigenvalue weighted by atomic mass is 9.85. The fraction of sp³-hybridized carbons (Fsp3) is 0.519. The molecule has 1 unspecified atom stereocenters. The van der Waals surface area contributed by atoms with Crippen LogP contribution in [0.15, 0.2) is 36.4 Å². The van der Waals surface area contributed by atoms with E-state index in [0.717, 1.165) is 59.4 Å². The lowest BCUT2D eigenvalue weighted by Gasteiger charge is -2.25. The van der Waals surface area contributed by atoms with Crippen LogP contribution in [0, 0.1) is 6.92 Å². The first-order chi connectivity index (χ1) is 14.7. The van der Waals surface area contributed by atoms with Crippen LogP contribution in [0.1, 0.15) is 88.0 Å². The number of methoxy groups -OCH3 is 1. The van der Waals surface area contributed by atoms with E-state index in [-0.39, 0.29) is 23.8 Å². The lowest BCUT2D eigenvalue weighted by molar-refractivity contribution is -0.116. The normalized spacial score (nSPS) is 12.5. The van der Waals surface area contributed by atoms with Crippen LogP contribution in [0.5, 0.6) is 5.75 Å². The maximum atomic E-state index is 13.2. The summed E-state index contributed by atoms with van der Waals surface area (Å²) in [6, 6.07) is 12.0. The summed E-state index contributed by atoms with van der Waals surface area (Å²) in [5.74, 6) is 0.973. The Morgan fingerprint density at radius 1 is 1.16 bits per heavy atom. The van der Waals surface area contributed by atoms with E-state index in [1.807, 2.05) is 37.3 Å².